The molecule has 1 N–H and O–H groups in total. The summed E-state index contributed by atoms with van der Waals surface area (Å²) >= 11 is 9.37. The van der Waals surface area contributed by atoms with Gasteiger partial charge in [0, 0.05) is 22.6 Å². The third-order valence-electron chi connectivity index (χ3n) is 3.75. The number of benzene rings is 2. The first-order valence-electron chi connectivity index (χ1n) is 7.92. The van der Waals surface area contributed by atoms with E-state index in [4.69, 9.17) is 21.1 Å². The predicted molar refractivity (Wildman–Crippen MR) is 103 cm³/mol. The molecular weight excluding hydrogens is 408 g/mol. The van der Waals surface area contributed by atoms with Crippen LogP contribution in [0.1, 0.15) is 0 Å². The van der Waals surface area contributed by atoms with Crippen molar-refractivity contribution >= 4 is 44.8 Å². The molecule has 1 aliphatic heterocycles. The largest absolute Gasteiger partial charge is 0.484 e. The Morgan fingerprint density at radius 2 is 2.04 bits per heavy atom. The first-order chi connectivity index (χ1) is 12.1. The Balaban J connectivity index is 1.66. The zero-order valence-corrected chi connectivity index (χ0v) is 15.8. The smallest absolute Gasteiger partial charge is 0.262 e. The Morgan fingerprint density at radius 3 is 2.80 bits per heavy atom. The Kier molecular flexibility index (Phi) is 6.18. The number of morpholine rings is 1. The average Bonchev–Trinajstić information content (AvgIpc) is 2.61. The predicted octanol–water partition coefficient (Wildman–Crippen LogP) is 3.96. The first-order valence-corrected chi connectivity index (χ1v) is 9.09. The molecule has 0 aliphatic carbocycles. The second-order valence-electron chi connectivity index (χ2n) is 5.56. The van der Waals surface area contributed by atoms with Gasteiger partial charge in [0.2, 0.25) is 0 Å². The molecule has 1 saturated heterocycles. The highest BCUT2D eigenvalue weighted by Gasteiger charge is 2.16. The summed E-state index contributed by atoms with van der Waals surface area (Å²) in [6.45, 7) is 2.87. The van der Waals surface area contributed by atoms with Crippen molar-refractivity contribution in [3.8, 4) is 5.75 Å². The number of halogens is 2. The Bertz CT molecular complexity index is 751. The van der Waals surface area contributed by atoms with Crippen LogP contribution in [0.25, 0.3) is 0 Å². The van der Waals surface area contributed by atoms with Crippen LogP contribution in [-0.4, -0.2) is 38.8 Å². The molecule has 0 radical (unpaired) electrons. The van der Waals surface area contributed by atoms with Crippen LogP contribution in [0.2, 0.25) is 5.02 Å². The van der Waals surface area contributed by atoms with E-state index in [-0.39, 0.29) is 12.5 Å². The molecule has 2 aromatic rings. The number of amides is 1. The minimum atomic E-state index is -0.229. The van der Waals surface area contributed by atoms with Gasteiger partial charge in [0.05, 0.1) is 24.6 Å². The van der Waals surface area contributed by atoms with Crippen LogP contribution in [0.3, 0.4) is 0 Å². The molecule has 3 rings (SSSR count). The third-order valence-corrected chi connectivity index (χ3v) is 4.48. The number of hydrogen-bond acceptors (Lipinski definition) is 4. The van der Waals surface area contributed by atoms with Crippen molar-refractivity contribution in [1.82, 2.24) is 0 Å². The Hall–Kier alpha value is -1.76. The van der Waals surface area contributed by atoms with E-state index in [1.54, 1.807) is 24.3 Å². The van der Waals surface area contributed by atoms with Crippen molar-refractivity contribution in [2.24, 2.45) is 0 Å². The maximum atomic E-state index is 12.3. The summed E-state index contributed by atoms with van der Waals surface area (Å²) in [5, 5.41) is 3.49. The number of hydrogen-bond donors (Lipinski definition) is 1. The molecule has 0 unspecified atom stereocenters. The van der Waals surface area contributed by atoms with Gasteiger partial charge in [-0.2, -0.15) is 0 Å². The van der Waals surface area contributed by atoms with Gasteiger partial charge in [0.1, 0.15) is 5.75 Å². The van der Waals surface area contributed by atoms with Crippen molar-refractivity contribution in [3.05, 3.63) is 52.0 Å². The molecule has 25 heavy (non-hydrogen) atoms. The van der Waals surface area contributed by atoms with Gasteiger partial charge in [0.15, 0.2) is 6.61 Å². The van der Waals surface area contributed by atoms with Crippen molar-refractivity contribution in [3.63, 3.8) is 0 Å². The van der Waals surface area contributed by atoms with E-state index < -0.39 is 0 Å². The minimum Gasteiger partial charge on any atom is -0.484 e. The molecule has 0 bridgehead atoms. The van der Waals surface area contributed by atoms with Gasteiger partial charge in [-0.05, 0) is 36.4 Å². The third kappa shape index (κ3) is 5.11. The summed E-state index contributed by atoms with van der Waals surface area (Å²) in [5.41, 5.74) is 1.72. The van der Waals surface area contributed by atoms with Gasteiger partial charge in [-0.25, -0.2) is 0 Å². The van der Waals surface area contributed by atoms with Gasteiger partial charge in [-0.1, -0.05) is 33.6 Å². The van der Waals surface area contributed by atoms with Crippen LogP contribution in [0, 0.1) is 0 Å². The van der Waals surface area contributed by atoms with E-state index in [2.05, 4.69) is 26.1 Å². The number of nitrogens with one attached hydrogen (secondary N) is 1. The van der Waals surface area contributed by atoms with E-state index in [0.717, 1.165) is 28.9 Å². The summed E-state index contributed by atoms with van der Waals surface area (Å²) in [4.78, 5) is 14.5. The van der Waals surface area contributed by atoms with Crippen LogP contribution < -0.4 is 15.0 Å². The first kappa shape index (κ1) is 18.0. The Labute approximate surface area is 160 Å². The van der Waals surface area contributed by atoms with Crippen molar-refractivity contribution in [2.75, 3.05) is 43.1 Å². The van der Waals surface area contributed by atoms with Crippen LogP contribution in [0.15, 0.2) is 46.9 Å². The van der Waals surface area contributed by atoms with Gasteiger partial charge in [0.25, 0.3) is 5.91 Å². The van der Waals surface area contributed by atoms with Gasteiger partial charge >= 0.3 is 0 Å². The maximum absolute atomic E-state index is 12.3. The lowest BCUT2D eigenvalue weighted by atomic mass is 10.2. The summed E-state index contributed by atoms with van der Waals surface area (Å²) in [7, 11) is 0. The molecule has 1 aliphatic rings. The fraction of sp³-hybridized carbons (Fsp3) is 0.278. The quantitative estimate of drug-likeness (QED) is 0.788. The van der Waals surface area contributed by atoms with E-state index in [1.807, 2.05) is 18.2 Å². The Morgan fingerprint density at radius 1 is 1.24 bits per heavy atom. The van der Waals surface area contributed by atoms with Crippen LogP contribution >= 0.6 is 27.5 Å². The molecule has 1 amide bonds. The molecule has 0 saturated carbocycles. The summed E-state index contributed by atoms with van der Waals surface area (Å²) < 4.78 is 11.8. The topological polar surface area (TPSA) is 50.8 Å². The zero-order valence-electron chi connectivity index (χ0n) is 13.5. The second-order valence-corrected chi connectivity index (χ2v) is 6.91. The van der Waals surface area contributed by atoms with Gasteiger partial charge in [-0.15, -0.1) is 0 Å². The number of ether oxygens (including phenoxy) is 2. The number of carbonyl (C=O) groups is 1. The highest BCUT2D eigenvalue weighted by molar-refractivity contribution is 9.10. The fourth-order valence-corrected chi connectivity index (χ4v) is 3.12. The van der Waals surface area contributed by atoms with Crippen molar-refractivity contribution in [1.29, 1.82) is 0 Å². The van der Waals surface area contributed by atoms with E-state index in [0.29, 0.717) is 24.0 Å². The summed E-state index contributed by atoms with van der Waals surface area (Å²) in [6.07, 6.45) is 0. The molecule has 2 aromatic carbocycles. The molecule has 7 heteroatoms. The van der Waals surface area contributed by atoms with Crippen LogP contribution in [0.4, 0.5) is 11.4 Å². The normalized spacial score (nSPS) is 14.2. The van der Waals surface area contributed by atoms with E-state index in [1.165, 1.54) is 0 Å². The van der Waals surface area contributed by atoms with Gasteiger partial charge in [-0.3, -0.25) is 4.79 Å². The second kappa shape index (κ2) is 8.56. The molecule has 5 nitrogen and oxygen atoms in total. The molecule has 0 atom stereocenters. The number of anilines is 2. The van der Waals surface area contributed by atoms with Crippen LogP contribution in [-0.2, 0) is 9.53 Å². The fourth-order valence-electron chi connectivity index (χ4n) is 2.58. The zero-order chi connectivity index (χ0) is 17.6. The molecule has 1 heterocycles. The van der Waals surface area contributed by atoms with Crippen molar-refractivity contribution in [2.45, 2.75) is 0 Å². The van der Waals surface area contributed by atoms with E-state index >= 15 is 0 Å². The molecule has 1 fully saturated rings. The number of carbonyl (C=O) groups excluding carboxylic acids is 1. The number of nitrogens with zero attached hydrogens (tertiary/aromatic N) is 1. The highest BCUT2D eigenvalue weighted by atomic mass is 79.9. The average molecular weight is 426 g/mol. The maximum Gasteiger partial charge on any atom is 0.262 e. The lowest BCUT2D eigenvalue weighted by Crippen LogP contribution is -2.37. The lowest BCUT2D eigenvalue weighted by molar-refractivity contribution is -0.118. The van der Waals surface area contributed by atoms with Crippen molar-refractivity contribution < 1.29 is 14.3 Å². The molecule has 0 spiro atoms. The highest BCUT2D eigenvalue weighted by Crippen LogP contribution is 2.30. The summed E-state index contributed by atoms with van der Waals surface area (Å²) in [5.74, 6) is 0.331. The summed E-state index contributed by atoms with van der Waals surface area (Å²) in [6, 6.07) is 12.8. The lowest BCUT2D eigenvalue weighted by Gasteiger charge is -2.30. The standard InChI is InChI=1S/C18H18BrClN2O3/c19-13-4-5-17(22-6-8-24-9-7-22)16(10-13)21-18(23)12-25-15-3-1-2-14(20)11-15/h1-5,10-11H,6-9,12H2,(H,21,23). The van der Waals surface area contributed by atoms with Crippen LogP contribution in [0.5, 0.6) is 5.75 Å². The molecule has 0 aromatic heterocycles. The SMILES string of the molecule is O=C(COc1cccc(Cl)c1)Nc1cc(Br)ccc1N1CCOCC1. The monoisotopic (exact) mass is 424 g/mol. The molecular formula is C18H18BrClN2O3. The molecule has 132 valence electrons. The van der Waals surface area contributed by atoms with E-state index in [9.17, 15) is 4.79 Å². The van der Waals surface area contributed by atoms with Gasteiger partial charge < -0.3 is 19.7 Å². The minimum absolute atomic E-state index is 0.0879. The number of rotatable bonds is 5.